The second-order valence-electron chi connectivity index (χ2n) is 7.73. The van der Waals surface area contributed by atoms with Gasteiger partial charge in [0.2, 0.25) is 5.28 Å². The zero-order valence-corrected chi connectivity index (χ0v) is 29.7. The molecule has 0 spiro atoms. The molecule has 4 aromatic rings. The van der Waals surface area contributed by atoms with Crippen molar-refractivity contribution >= 4 is 52.0 Å². The molecule has 0 saturated heterocycles. The minimum absolute atomic E-state index is 0.0107. The number of nitrogens with zero attached hydrogens (tertiary/aromatic N) is 4. The third-order valence-electron chi connectivity index (χ3n) is 4.65. The van der Waals surface area contributed by atoms with Crippen molar-refractivity contribution in [2.75, 3.05) is 24.3 Å². The molecule has 0 bridgehead atoms. The van der Waals surface area contributed by atoms with Crippen LogP contribution in [-0.2, 0) is 60.5 Å². The molecular weight excluding hydrogens is 750 g/mol. The fourth-order valence-electron chi connectivity index (χ4n) is 2.86. The van der Waals surface area contributed by atoms with Crippen LogP contribution in [-0.4, -0.2) is 33.1 Å². The van der Waals surface area contributed by atoms with E-state index in [1.54, 1.807) is 6.07 Å². The molecule has 0 aliphatic carbocycles. The van der Waals surface area contributed by atoms with Crippen molar-refractivity contribution in [2.24, 2.45) is 0 Å². The van der Waals surface area contributed by atoms with E-state index in [-0.39, 0.29) is 21.5 Å². The molecule has 41 heavy (non-hydrogen) atoms. The van der Waals surface area contributed by atoms with Crippen LogP contribution in [0.4, 0.5) is 26.0 Å². The normalized spacial score (nSPS) is 9.73. The average Bonchev–Trinajstić information content (AvgIpc) is 2.93. The zero-order valence-electron chi connectivity index (χ0n) is 21.8. The summed E-state index contributed by atoms with van der Waals surface area (Å²) in [7, 11) is 0. The number of halogens is 5. The topological polar surface area (TPSA) is 108 Å². The first kappa shape index (κ1) is 35.5. The number of ether oxygens (including phenoxy) is 2. The number of rotatable bonds is 6. The summed E-state index contributed by atoms with van der Waals surface area (Å²) in [5.41, 5.74) is 9.07. The first-order valence-electron chi connectivity index (χ1n) is 11.4. The van der Waals surface area contributed by atoms with E-state index >= 15 is 0 Å². The van der Waals surface area contributed by atoms with Crippen molar-refractivity contribution in [3.8, 4) is 16.7 Å². The largest absolute Gasteiger partial charge is 0.223 e. The van der Waals surface area contributed by atoms with Crippen LogP contribution in [0, 0.1) is 30.7 Å². The minimum atomic E-state index is -0.666. The summed E-state index contributed by atoms with van der Waals surface area (Å²) in [4.78, 5) is 14.0. The van der Waals surface area contributed by atoms with E-state index in [4.69, 9.17) is 50.0 Å². The van der Waals surface area contributed by atoms with E-state index < -0.39 is 11.6 Å². The number of nitrogens with two attached hydrogens (primary N) is 1. The molecule has 0 saturated carbocycles. The molecule has 0 unspecified atom stereocenters. The summed E-state index contributed by atoms with van der Waals surface area (Å²) in [5, 5.41) is 2.54. The van der Waals surface area contributed by atoms with Gasteiger partial charge in [-0.1, -0.05) is 11.6 Å². The standard InChI is InChI=1S/C13H10ClFN3O.C9H10NO.C4HCl2FN2.2Y/c1-3-19-11-5-4-9(6-8(11)2)17-12-10(15)7-16-13(14)18-12;1-3-11-9-5-4-8(10)6-7(9)2;5-3-2(7)1-8-4(6)9-3;;/h4-7H,3H2,2H3,(H,16,17,18);4-6H,3,10H2,2H3;1H;;. The van der Waals surface area contributed by atoms with Crippen LogP contribution in [0.2, 0.25) is 15.7 Å². The summed E-state index contributed by atoms with van der Waals surface area (Å²) in [5.74, 6) is 0.483. The molecule has 0 aliphatic rings. The van der Waals surface area contributed by atoms with Gasteiger partial charge >= 0.3 is 233 Å². The number of benzene rings is 2. The van der Waals surface area contributed by atoms with Crippen molar-refractivity contribution in [1.82, 2.24) is 19.9 Å². The van der Waals surface area contributed by atoms with Crippen molar-refractivity contribution in [3.63, 3.8) is 0 Å². The Morgan fingerprint density at radius 1 is 0.829 bits per heavy atom. The van der Waals surface area contributed by atoms with Gasteiger partial charge in [-0.3, -0.25) is 0 Å². The van der Waals surface area contributed by atoms with Crippen LogP contribution in [0.3, 0.4) is 0 Å². The van der Waals surface area contributed by atoms with E-state index in [2.05, 4.69) is 30.4 Å². The van der Waals surface area contributed by atoms with Gasteiger partial charge in [0.25, 0.3) is 0 Å². The van der Waals surface area contributed by atoms with Crippen LogP contribution in [0.15, 0.2) is 48.8 Å². The van der Waals surface area contributed by atoms with Crippen LogP contribution in [0.1, 0.15) is 11.1 Å². The Morgan fingerprint density at radius 3 is 1.88 bits per heavy atom. The molecule has 15 heteroatoms. The number of aromatic nitrogens is 4. The smallest absolute Gasteiger partial charge is 0.223 e. The second kappa shape index (κ2) is 18.8. The first-order chi connectivity index (χ1) is 19.5. The molecule has 0 aliphatic heterocycles. The molecule has 2 aromatic carbocycles. The quantitative estimate of drug-likeness (QED) is 0.129. The van der Waals surface area contributed by atoms with E-state index in [9.17, 15) is 8.78 Å². The number of hydrogen-bond acceptors (Lipinski definition) is 8. The molecule has 0 fully saturated rings. The fraction of sp³-hybridized carbons (Fsp3) is 0.154. The van der Waals surface area contributed by atoms with Crippen molar-refractivity contribution in [3.05, 3.63) is 87.3 Å². The maximum atomic E-state index is 13.5. The van der Waals surface area contributed by atoms with E-state index in [0.717, 1.165) is 101 Å². The third-order valence-corrected chi connectivity index (χ3v) is 6.09. The minimum Gasteiger partial charge on any atom is -0.223 e. The second-order valence-corrected chi connectivity index (χ2v) is 10.8. The SMILES string of the molecule is Cc1cc(N)ccc1OC[C]#[Y].Cc1cc(Nc2nc(Cl)ncc2F)ccc1OC[C]#[Y].Fc1cnc(Cl)nc1Cl. The van der Waals surface area contributed by atoms with Crippen LogP contribution in [0.5, 0.6) is 11.5 Å². The van der Waals surface area contributed by atoms with Gasteiger partial charge in [-0.2, -0.15) is 0 Å². The molecule has 3 N–H and O–H groups in total. The number of anilines is 3. The molecule has 4 rings (SSSR count). The molecule has 208 valence electrons. The van der Waals surface area contributed by atoms with Crippen LogP contribution < -0.4 is 20.5 Å². The van der Waals surface area contributed by atoms with Gasteiger partial charge in [-0.25, -0.2) is 14.4 Å². The Morgan fingerprint density at radius 2 is 1.37 bits per heavy atom. The zero-order chi connectivity index (χ0) is 30.4. The van der Waals surface area contributed by atoms with E-state index in [0.29, 0.717) is 18.9 Å². The fourth-order valence-corrected chi connectivity index (χ4v) is 3.71. The van der Waals surface area contributed by atoms with Crippen molar-refractivity contribution in [1.29, 1.82) is 0 Å². The average molecular weight is 772 g/mol. The monoisotopic (exact) mass is 770 g/mol. The number of nitrogen functional groups attached to an aromatic ring is 1. The number of nitrogens with one attached hydrogen (secondary N) is 1. The predicted octanol–water partition coefficient (Wildman–Crippen LogP) is 6.59. The van der Waals surface area contributed by atoms with Gasteiger partial charge in [0.15, 0.2) is 11.0 Å². The number of hydrogen-bond donors (Lipinski definition) is 2. The summed E-state index contributed by atoms with van der Waals surface area (Å²) in [6.45, 7) is 4.95. The molecule has 0 atom stereocenters. The summed E-state index contributed by atoms with van der Waals surface area (Å²) < 4.78 is 42.7. The Kier molecular flexibility index (Phi) is 16.2. The molecule has 0 amide bonds. The molecule has 2 heterocycles. The van der Waals surface area contributed by atoms with Gasteiger partial charge in [0.1, 0.15) is 0 Å². The van der Waals surface area contributed by atoms with Gasteiger partial charge in [-0.15, -0.1) is 0 Å². The maximum Gasteiger partial charge on any atom is 0.223 e. The summed E-state index contributed by atoms with van der Waals surface area (Å²) >= 11 is 18.0. The van der Waals surface area contributed by atoms with Crippen LogP contribution >= 0.6 is 34.8 Å². The molecular formula is C26H21Cl3F2N6O2Y2. The van der Waals surface area contributed by atoms with Crippen molar-refractivity contribution in [2.45, 2.75) is 13.8 Å². The van der Waals surface area contributed by atoms with Crippen molar-refractivity contribution < 1.29 is 78.7 Å². The third kappa shape index (κ3) is 13.0. The van der Waals surface area contributed by atoms with Gasteiger partial charge < -0.3 is 0 Å². The van der Waals surface area contributed by atoms with Gasteiger partial charge in [0, 0.05) is 0 Å². The molecule has 8 nitrogen and oxygen atoms in total. The summed E-state index contributed by atoms with van der Waals surface area (Å²) in [6.07, 6.45) is 1.94. The van der Waals surface area contributed by atoms with E-state index in [1.165, 1.54) is 0 Å². The Labute approximate surface area is 289 Å². The molecule has 0 radical (unpaired) electrons. The number of aryl methyl sites for hydroxylation is 2. The van der Waals surface area contributed by atoms with Crippen LogP contribution in [0.25, 0.3) is 0 Å². The van der Waals surface area contributed by atoms with E-state index in [1.807, 2.05) is 44.2 Å². The Balaban J connectivity index is 0.000000237. The predicted molar refractivity (Wildman–Crippen MR) is 148 cm³/mol. The maximum absolute atomic E-state index is 13.5. The Bertz CT molecular complexity index is 1570. The Hall–Kier alpha value is -1.70. The van der Waals surface area contributed by atoms with Gasteiger partial charge in [-0.05, 0) is 11.6 Å². The summed E-state index contributed by atoms with van der Waals surface area (Å²) in [6, 6.07) is 11.1. The van der Waals surface area contributed by atoms with Gasteiger partial charge in [0.05, 0.1) is 6.20 Å². The molecule has 2 aromatic heterocycles. The first-order valence-corrected chi connectivity index (χ1v) is 15.4.